The van der Waals surface area contributed by atoms with Crippen LogP contribution in [-0.4, -0.2) is 33.9 Å². The van der Waals surface area contributed by atoms with Gasteiger partial charge in [-0.25, -0.2) is 9.97 Å². The first kappa shape index (κ1) is 14.4. The van der Waals surface area contributed by atoms with E-state index in [-0.39, 0.29) is 12.5 Å². The van der Waals surface area contributed by atoms with Crippen molar-refractivity contribution >= 4 is 11.7 Å². The second-order valence-electron chi connectivity index (χ2n) is 4.88. The highest BCUT2D eigenvalue weighted by atomic mass is 16.1. The topological polar surface area (TPSA) is 98.1 Å². The van der Waals surface area contributed by atoms with E-state index in [1.165, 1.54) is 0 Å². The number of nitrogen functional groups attached to an aromatic ring is 1. The summed E-state index contributed by atoms with van der Waals surface area (Å²) in [6.45, 7) is 7.48. The molecule has 0 radical (unpaired) electrons. The molecule has 1 rings (SSSR count). The first-order valence-corrected chi connectivity index (χ1v) is 5.97. The summed E-state index contributed by atoms with van der Waals surface area (Å²) in [6, 6.07) is 1.71. The van der Waals surface area contributed by atoms with Crippen LogP contribution in [-0.2, 0) is 11.3 Å². The van der Waals surface area contributed by atoms with E-state index < -0.39 is 0 Å². The van der Waals surface area contributed by atoms with Gasteiger partial charge in [0.05, 0.1) is 13.1 Å². The van der Waals surface area contributed by atoms with Crippen LogP contribution in [0, 0.1) is 12.8 Å². The van der Waals surface area contributed by atoms with Gasteiger partial charge in [0.1, 0.15) is 11.6 Å². The molecule has 0 aromatic carbocycles. The molecule has 1 amide bonds. The Bertz CT molecular complexity index is 399. The number of nitrogens with zero attached hydrogens (tertiary/aromatic N) is 3. The number of hydrogen-bond acceptors (Lipinski definition) is 5. The normalized spacial score (nSPS) is 11.2. The smallest absolute Gasteiger partial charge is 0.231 e. The lowest BCUT2D eigenvalue weighted by atomic mass is 10.2. The monoisotopic (exact) mass is 251 g/mol. The van der Waals surface area contributed by atoms with Crippen LogP contribution in [0.25, 0.3) is 0 Å². The lowest BCUT2D eigenvalue weighted by Crippen LogP contribution is -2.36. The molecule has 0 bridgehead atoms. The summed E-state index contributed by atoms with van der Waals surface area (Å²) in [4.78, 5) is 21.4. The van der Waals surface area contributed by atoms with Crippen LogP contribution in [0.3, 0.4) is 0 Å². The molecule has 0 unspecified atom stereocenters. The molecule has 18 heavy (non-hydrogen) atoms. The van der Waals surface area contributed by atoms with E-state index >= 15 is 0 Å². The van der Waals surface area contributed by atoms with Crippen LogP contribution in [0.2, 0.25) is 0 Å². The maximum absolute atomic E-state index is 11.0. The number of carbonyl (C=O) groups is 1. The predicted octanol–water partition coefficient (Wildman–Crippen LogP) is 0.311. The Kier molecular flexibility index (Phi) is 5.03. The van der Waals surface area contributed by atoms with Gasteiger partial charge >= 0.3 is 0 Å². The molecule has 0 saturated heterocycles. The number of aryl methyl sites for hydroxylation is 1. The van der Waals surface area contributed by atoms with Crippen molar-refractivity contribution in [3.63, 3.8) is 0 Å². The maximum atomic E-state index is 11.0. The number of rotatable bonds is 6. The Morgan fingerprint density at radius 3 is 2.61 bits per heavy atom. The van der Waals surface area contributed by atoms with Gasteiger partial charge in [0, 0.05) is 18.3 Å². The number of carbonyl (C=O) groups excluding carboxylic acids is 1. The maximum Gasteiger partial charge on any atom is 0.231 e. The molecule has 1 aromatic heterocycles. The highest BCUT2D eigenvalue weighted by Crippen LogP contribution is 2.07. The zero-order valence-electron chi connectivity index (χ0n) is 11.2. The number of aromatic nitrogens is 2. The van der Waals surface area contributed by atoms with Gasteiger partial charge < -0.3 is 11.5 Å². The zero-order chi connectivity index (χ0) is 13.7. The van der Waals surface area contributed by atoms with E-state index in [1.54, 1.807) is 6.07 Å². The molecule has 1 aromatic rings. The molecule has 1 heterocycles. The van der Waals surface area contributed by atoms with Crippen molar-refractivity contribution in [2.75, 3.05) is 18.8 Å². The van der Waals surface area contributed by atoms with Gasteiger partial charge in [-0.3, -0.25) is 9.69 Å². The summed E-state index contributed by atoms with van der Waals surface area (Å²) < 4.78 is 0. The minimum absolute atomic E-state index is 0.204. The van der Waals surface area contributed by atoms with E-state index in [9.17, 15) is 4.79 Å². The van der Waals surface area contributed by atoms with Crippen LogP contribution in [0.4, 0.5) is 5.82 Å². The van der Waals surface area contributed by atoms with Crippen LogP contribution >= 0.6 is 0 Å². The fraction of sp³-hybridized carbons (Fsp3) is 0.583. The highest BCUT2D eigenvalue weighted by Gasteiger charge is 2.13. The van der Waals surface area contributed by atoms with Crippen molar-refractivity contribution in [3.8, 4) is 0 Å². The first-order valence-electron chi connectivity index (χ1n) is 5.97. The molecule has 100 valence electrons. The van der Waals surface area contributed by atoms with Gasteiger partial charge in [-0.05, 0) is 12.8 Å². The minimum atomic E-state index is -0.351. The summed E-state index contributed by atoms with van der Waals surface area (Å²) in [7, 11) is 0. The number of anilines is 1. The molecule has 6 nitrogen and oxygen atoms in total. The van der Waals surface area contributed by atoms with E-state index in [4.69, 9.17) is 11.5 Å². The number of hydrogen-bond donors (Lipinski definition) is 2. The van der Waals surface area contributed by atoms with Crippen LogP contribution in [0.1, 0.15) is 25.4 Å². The van der Waals surface area contributed by atoms with Crippen LogP contribution < -0.4 is 11.5 Å². The Morgan fingerprint density at radius 2 is 2.11 bits per heavy atom. The highest BCUT2D eigenvalue weighted by molar-refractivity contribution is 5.75. The van der Waals surface area contributed by atoms with E-state index in [1.807, 2.05) is 11.8 Å². The SMILES string of the molecule is Cc1cc(N)nc(CN(CC(N)=O)CC(C)C)n1. The van der Waals surface area contributed by atoms with Crippen molar-refractivity contribution in [3.05, 3.63) is 17.6 Å². The Hall–Kier alpha value is -1.69. The second-order valence-corrected chi connectivity index (χ2v) is 4.88. The largest absolute Gasteiger partial charge is 0.384 e. The number of nitrogens with two attached hydrogens (primary N) is 2. The Morgan fingerprint density at radius 1 is 1.44 bits per heavy atom. The fourth-order valence-electron chi connectivity index (χ4n) is 1.85. The van der Waals surface area contributed by atoms with E-state index in [0.29, 0.717) is 24.1 Å². The summed E-state index contributed by atoms with van der Waals surface area (Å²) in [5.74, 6) is 1.15. The summed E-state index contributed by atoms with van der Waals surface area (Å²) in [5.41, 5.74) is 11.7. The lowest BCUT2D eigenvalue weighted by molar-refractivity contribution is -0.119. The number of primary amides is 1. The van der Waals surface area contributed by atoms with Crippen molar-refractivity contribution < 1.29 is 4.79 Å². The van der Waals surface area contributed by atoms with Crippen molar-refractivity contribution in [2.45, 2.75) is 27.3 Å². The molecule has 0 spiro atoms. The molecule has 0 aliphatic rings. The quantitative estimate of drug-likeness (QED) is 0.758. The Balaban J connectivity index is 2.77. The average Bonchev–Trinajstić information content (AvgIpc) is 2.12. The van der Waals surface area contributed by atoms with Gasteiger partial charge in [0.2, 0.25) is 5.91 Å². The molecule has 4 N–H and O–H groups in total. The molecule has 0 aliphatic heterocycles. The summed E-state index contributed by atoms with van der Waals surface area (Å²) >= 11 is 0. The molecule has 0 saturated carbocycles. The van der Waals surface area contributed by atoms with Gasteiger partial charge in [0.15, 0.2) is 0 Å². The van der Waals surface area contributed by atoms with Gasteiger partial charge in [-0.1, -0.05) is 13.8 Å². The molecule has 0 atom stereocenters. The zero-order valence-corrected chi connectivity index (χ0v) is 11.2. The summed E-state index contributed by atoms with van der Waals surface area (Å²) in [6.07, 6.45) is 0. The van der Waals surface area contributed by atoms with Crippen LogP contribution in [0.15, 0.2) is 6.07 Å². The molecular formula is C12H21N5O. The van der Waals surface area contributed by atoms with Crippen molar-refractivity contribution in [2.24, 2.45) is 11.7 Å². The van der Waals surface area contributed by atoms with Crippen molar-refractivity contribution in [1.29, 1.82) is 0 Å². The molecule has 6 heteroatoms. The van der Waals surface area contributed by atoms with Gasteiger partial charge in [-0.15, -0.1) is 0 Å². The van der Waals surface area contributed by atoms with Crippen molar-refractivity contribution in [1.82, 2.24) is 14.9 Å². The molecular weight excluding hydrogens is 230 g/mol. The van der Waals surface area contributed by atoms with Gasteiger partial charge in [0.25, 0.3) is 0 Å². The third kappa shape index (κ3) is 5.09. The minimum Gasteiger partial charge on any atom is -0.384 e. The summed E-state index contributed by atoms with van der Waals surface area (Å²) in [5, 5.41) is 0. The third-order valence-electron chi connectivity index (χ3n) is 2.29. The first-order chi connectivity index (χ1) is 8.36. The third-order valence-corrected chi connectivity index (χ3v) is 2.29. The Labute approximate surface area is 107 Å². The number of amides is 1. The lowest BCUT2D eigenvalue weighted by Gasteiger charge is -2.22. The fourth-order valence-corrected chi connectivity index (χ4v) is 1.85. The van der Waals surface area contributed by atoms with E-state index in [2.05, 4.69) is 23.8 Å². The second kappa shape index (κ2) is 6.30. The average molecular weight is 251 g/mol. The molecule has 0 aliphatic carbocycles. The predicted molar refractivity (Wildman–Crippen MR) is 70.5 cm³/mol. The molecule has 0 fully saturated rings. The van der Waals surface area contributed by atoms with E-state index in [0.717, 1.165) is 12.2 Å². The van der Waals surface area contributed by atoms with Crippen LogP contribution in [0.5, 0.6) is 0 Å². The van der Waals surface area contributed by atoms with Gasteiger partial charge in [-0.2, -0.15) is 0 Å². The standard InChI is InChI=1S/C12H21N5O/c1-8(2)5-17(6-11(14)18)7-12-15-9(3)4-10(13)16-12/h4,8H,5-7H2,1-3H3,(H2,14,18)(H2,13,15,16).